The highest BCUT2D eigenvalue weighted by Gasteiger charge is 2.13. The fraction of sp³-hybridized carbons (Fsp3) is 0.562. The van der Waals surface area contributed by atoms with Crippen molar-refractivity contribution in [1.82, 2.24) is 14.9 Å². The van der Waals surface area contributed by atoms with Crippen molar-refractivity contribution >= 4 is 11.0 Å². The number of hydrogen-bond donors (Lipinski definition) is 1. The molecule has 0 atom stereocenters. The number of imidazole rings is 1. The molecule has 102 valence electrons. The topological polar surface area (TPSA) is 29.9 Å². The van der Waals surface area contributed by atoms with Gasteiger partial charge in [-0.15, -0.1) is 0 Å². The number of nitrogens with one attached hydrogen (secondary N) is 1. The zero-order valence-electron chi connectivity index (χ0n) is 11.9. The summed E-state index contributed by atoms with van der Waals surface area (Å²) in [4.78, 5) is 4.60. The van der Waals surface area contributed by atoms with Crippen LogP contribution in [0.2, 0.25) is 0 Å². The van der Waals surface area contributed by atoms with Crippen molar-refractivity contribution in [2.45, 2.75) is 45.1 Å². The molecule has 0 aliphatic heterocycles. The van der Waals surface area contributed by atoms with Crippen LogP contribution in [-0.4, -0.2) is 22.1 Å². The molecule has 3 nitrogen and oxygen atoms in total. The van der Waals surface area contributed by atoms with E-state index < -0.39 is 0 Å². The largest absolute Gasteiger partial charge is 0.331 e. The minimum Gasteiger partial charge on any atom is -0.331 e. The van der Waals surface area contributed by atoms with Crippen molar-refractivity contribution < 1.29 is 0 Å². The van der Waals surface area contributed by atoms with Crippen LogP contribution < -0.4 is 5.32 Å². The maximum Gasteiger partial charge on any atom is 0.106 e. The molecule has 0 bridgehead atoms. The smallest absolute Gasteiger partial charge is 0.106 e. The first kappa shape index (κ1) is 12.7. The number of nitrogens with zero attached hydrogens (tertiary/aromatic N) is 2. The van der Waals surface area contributed by atoms with Gasteiger partial charge in [-0.3, -0.25) is 0 Å². The van der Waals surface area contributed by atoms with Gasteiger partial charge in [0.25, 0.3) is 0 Å². The number of benzene rings is 1. The molecule has 0 saturated heterocycles. The summed E-state index contributed by atoms with van der Waals surface area (Å²) in [6.07, 6.45) is 6.62. The predicted molar refractivity (Wildman–Crippen MR) is 79.4 cm³/mol. The zero-order chi connectivity index (χ0) is 13.2. The molecule has 0 radical (unpaired) electrons. The van der Waals surface area contributed by atoms with Gasteiger partial charge in [0.1, 0.15) is 5.82 Å². The van der Waals surface area contributed by atoms with Crippen LogP contribution in [0.25, 0.3) is 11.0 Å². The van der Waals surface area contributed by atoms with Crippen molar-refractivity contribution in [3.05, 3.63) is 29.6 Å². The molecule has 1 aromatic carbocycles. The van der Waals surface area contributed by atoms with Gasteiger partial charge in [0.15, 0.2) is 0 Å². The molecule has 1 aromatic heterocycles. The van der Waals surface area contributed by atoms with E-state index in [2.05, 4.69) is 47.0 Å². The fourth-order valence-electron chi connectivity index (χ4n) is 3.07. The van der Waals surface area contributed by atoms with Gasteiger partial charge in [0.2, 0.25) is 0 Å². The van der Waals surface area contributed by atoms with Crippen LogP contribution in [0.1, 0.15) is 37.1 Å². The van der Waals surface area contributed by atoms with Gasteiger partial charge in [-0.25, -0.2) is 4.98 Å². The second kappa shape index (κ2) is 5.33. The summed E-state index contributed by atoms with van der Waals surface area (Å²) in [7, 11) is 2.08. The summed E-state index contributed by atoms with van der Waals surface area (Å²) in [5.74, 6) is 1.08. The second-order valence-electron chi connectivity index (χ2n) is 5.73. The van der Waals surface area contributed by atoms with Crippen LogP contribution in [0, 0.1) is 6.92 Å². The van der Waals surface area contributed by atoms with Gasteiger partial charge in [-0.05, 0) is 50.4 Å². The Morgan fingerprint density at radius 1 is 1.32 bits per heavy atom. The molecule has 1 N–H and O–H groups in total. The van der Waals surface area contributed by atoms with E-state index in [1.54, 1.807) is 0 Å². The van der Waals surface area contributed by atoms with Crippen molar-refractivity contribution in [2.75, 3.05) is 6.54 Å². The molecule has 1 fully saturated rings. The molecule has 3 rings (SSSR count). The molecule has 1 aliphatic rings. The van der Waals surface area contributed by atoms with Gasteiger partial charge in [0.05, 0.1) is 11.0 Å². The SMILES string of the molecule is Cc1nc2cc(CCNC3CCCC3)ccc2n1C. The molecule has 1 heterocycles. The lowest BCUT2D eigenvalue weighted by molar-refractivity contribution is 0.528. The number of aryl methyl sites for hydroxylation is 2. The van der Waals surface area contributed by atoms with E-state index in [9.17, 15) is 0 Å². The van der Waals surface area contributed by atoms with E-state index in [1.165, 1.54) is 36.8 Å². The van der Waals surface area contributed by atoms with Gasteiger partial charge < -0.3 is 9.88 Å². The zero-order valence-corrected chi connectivity index (χ0v) is 11.9. The average Bonchev–Trinajstić information content (AvgIpc) is 3.00. The van der Waals surface area contributed by atoms with Crippen LogP contribution in [0.4, 0.5) is 0 Å². The first-order chi connectivity index (χ1) is 9.24. The number of fused-ring (bicyclic) bond motifs is 1. The van der Waals surface area contributed by atoms with Crippen molar-refractivity contribution in [2.24, 2.45) is 7.05 Å². The minimum atomic E-state index is 0.765. The highest BCUT2D eigenvalue weighted by atomic mass is 15.0. The molecule has 2 aromatic rings. The Balaban J connectivity index is 1.64. The number of hydrogen-bond acceptors (Lipinski definition) is 2. The molecule has 0 amide bonds. The van der Waals surface area contributed by atoms with Crippen LogP contribution in [0.3, 0.4) is 0 Å². The third-order valence-electron chi connectivity index (χ3n) is 4.37. The van der Waals surface area contributed by atoms with Crippen LogP contribution in [-0.2, 0) is 13.5 Å². The number of rotatable bonds is 4. The highest BCUT2D eigenvalue weighted by molar-refractivity contribution is 5.76. The van der Waals surface area contributed by atoms with E-state index in [4.69, 9.17) is 0 Å². The van der Waals surface area contributed by atoms with Crippen LogP contribution in [0.15, 0.2) is 18.2 Å². The normalized spacial score (nSPS) is 16.5. The Bertz CT molecular complexity index is 565. The average molecular weight is 257 g/mol. The fourth-order valence-corrected chi connectivity index (χ4v) is 3.07. The van der Waals surface area contributed by atoms with Crippen LogP contribution in [0.5, 0.6) is 0 Å². The van der Waals surface area contributed by atoms with Crippen molar-refractivity contribution in [3.63, 3.8) is 0 Å². The maximum absolute atomic E-state index is 4.60. The van der Waals surface area contributed by atoms with E-state index in [1.807, 2.05) is 0 Å². The van der Waals surface area contributed by atoms with Gasteiger partial charge >= 0.3 is 0 Å². The Morgan fingerprint density at radius 2 is 2.11 bits per heavy atom. The minimum absolute atomic E-state index is 0.765. The summed E-state index contributed by atoms with van der Waals surface area (Å²) in [6, 6.07) is 7.43. The molecule has 3 heteroatoms. The maximum atomic E-state index is 4.60. The Hall–Kier alpha value is -1.35. The van der Waals surface area contributed by atoms with E-state index in [0.717, 1.165) is 30.3 Å². The van der Waals surface area contributed by atoms with Crippen molar-refractivity contribution in [1.29, 1.82) is 0 Å². The molecule has 19 heavy (non-hydrogen) atoms. The first-order valence-electron chi connectivity index (χ1n) is 7.39. The van der Waals surface area contributed by atoms with Gasteiger partial charge in [-0.1, -0.05) is 18.9 Å². The van der Waals surface area contributed by atoms with E-state index in [0.29, 0.717) is 0 Å². The number of aromatic nitrogens is 2. The quantitative estimate of drug-likeness (QED) is 0.912. The predicted octanol–water partition coefficient (Wildman–Crippen LogP) is 2.96. The second-order valence-corrected chi connectivity index (χ2v) is 5.73. The summed E-state index contributed by atoms with van der Waals surface area (Å²) < 4.78 is 2.15. The lowest BCUT2D eigenvalue weighted by atomic mass is 10.1. The van der Waals surface area contributed by atoms with Gasteiger partial charge in [0, 0.05) is 13.1 Å². The van der Waals surface area contributed by atoms with Crippen molar-refractivity contribution in [3.8, 4) is 0 Å². The first-order valence-corrected chi connectivity index (χ1v) is 7.39. The summed E-state index contributed by atoms with van der Waals surface area (Å²) >= 11 is 0. The molecular weight excluding hydrogens is 234 g/mol. The summed E-state index contributed by atoms with van der Waals surface area (Å²) in [5, 5.41) is 3.67. The molecule has 0 unspecified atom stereocenters. The van der Waals surface area contributed by atoms with E-state index >= 15 is 0 Å². The Kier molecular flexibility index (Phi) is 3.56. The third kappa shape index (κ3) is 2.66. The van der Waals surface area contributed by atoms with Gasteiger partial charge in [-0.2, -0.15) is 0 Å². The summed E-state index contributed by atoms with van der Waals surface area (Å²) in [5.41, 5.74) is 3.74. The molecule has 1 aliphatic carbocycles. The standard InChI is InChI=1S/C16H23N3/c1-12-18-15-11-13(7-8-16(15)19(12)2)9-10-17-14-5-3-4-6-14/h7-8,11,14,17H,3-6,9-10H2,1-2H3. The monoisotopic (exact) mass is 257 g/mol. The molecule has 0 spiro atoms. The lowest BCUT2D eigenvalue weighted by Gasteiger charge is -2.11. The molecule has 1 saturated carbocycles. The Labute approximate surface area is 115 Å². The highest BCUT2D eigenvalue weighted by Crippen LogP contribution is 2.18. The molecular formula is C16H23N3. The lowest BCUT2D eigenvalue weighted by Crippen LogP contribution is -2.27. The van der Waals surface area contributed by atoms with E-state index in [-0.39, 0.29) is 0 Å². The Morgan fingerprint density at radius 3 is 2.89 bits per heavy atom. The summed E-state index contributed by atoms with van der Waals surface area (Å²) in [6.45, 7) is 3.14. The van der Waals surface area contributed by atoms with Crippen LogP contribution >= 0.6 is 0 Å². The third-order valence-corrected chi connectivity index (χ3v) is 4.37.